The van der Waals surface area contributed by atoms with E-state index in [0.29, 0.717) is 5.92 Å². The lowest BCUT2D eigenvalue weighted by atomic mass is 9.85. The summed E-state index contributed by atoms with van der Waals surface area (Å²) in [6.07, 6.45) is 0. The Hall–Kier alpha value is -0.820. The number of hydrogen-bond donors (Lipinski definition) is 1. The maximum atomic E-state index is 3.65. The van der Waals surface area contributed by atoms with Crippen molar-refractivity contribution in [2.45, 2.75) is 40.5 Å². The van der Waals surface area contributed by atoms with Crippen LogP contribution in [0.2, 0.25) is 0 Å². The molecule has 1 aromatic rings. The van der Waals surface area contributed by atoms with E-state index in [4.69, 9.17) is 0 Å². The molecule has 1 aromatic carbocycles. The second-order valence-corrected chi connectivity index (χ2v) is 6.12. The monoisotopic (exact) mass is 247 g/mol. The summed E-state index contributed by atoms with van der Waals surface area (Å²) in [7, 11) is 0. The fourth-order valence-electron chi connectivity index (χ4n) is 2.61. The molecular weight excluding hydrogens is 218 g/mol. The van der Waals surface area contributed by atoms with Crippen molar-refractivity contribution >= 4 is 0 Å². The lowest BCUT2D eigenvalue weighted by Crippen LogP contribution is -2.31. The Labute approximate surface area is 113 Å². The van der Waals surface area contributed by atoms with Gasteiger partial charge in [-0.15, -0.1) is 0 Å². The van der Waals surface area contributed by atoms with E-state index < -0.39 is 0 Å². The molecule has 0 heterocycles. The minimum atomic E-state index is 0.589. The number of hydrogen-bond acceptors (Lipinski definition) is 1. The average Bonchev–Trinajstić information content (AvgIpc) is 2.34. The zero-order valence-electron chi connectivity index (χ0n) is 12.6. The van der Waals surface area contributed by atoms with Gasteiger partial charge in [0.1, 0.15) is 0 Å². The first-order valence-electron chi connectivity index (χ1n) is 7.28. The van der Waals surface area contributed by atoms with Crippen molar-refractivity contribution in [1.82, 2.24) is 5.32 Å². The van der Waals surface area contributed by atoms with Gasteiger partial charge in [-0.05, 0) is 35.8 Å². The third-order valence-corrected chi connectivity index (χ3v) is 3.91. The molecule has 0 bridgehead atoms. The summed E-state index contributed by atoms with van der Waals surface area (Å²) in [6, 6.07) is 10.8. The van der Waals surface area contributed by atoms with Crippen molar-refractivity contribution in [3.63, 3.8) is 0 Å². The summed E-state index contributed by atoms with van der Waals surface area (Å²) in [6.45, 7) is 13.8. The lowest BCUT2D eigenvalue weighted by molar-refractivity contribution is 0.275. The first-order valence-corrected chi connectivity index (χ1v) is 7.28. The van der Waals surface area contributed by atoms with Crippen molar-refractivity contribution in [2.75, 3.05) is 13.1 Å². The van der Waals surface area contributed by atoms with E-state index in [0.717, 1.165) is 30.8 Å². The Kier molecular flexibility index (Phi) is 6.42. The first-order chi connectivity index (χ1) is 8.52. The van der Waals surface area contributed by atoms with Crippen molar-refractivity contribution in [1.29, 1.82) is 0 Å². The van der Waals surface area contributed by atoms with Gasteiger partial charge in [0, 0.05) is 6.54 Å². The minimum absolute atomic E-state index is 0.589. The molecule has 0 radical (unpaired) electrons. The van der Waals surface area contributed by atoms with E-state index in [-0.39, 0.29) is 0 Å². The number of nitrogens with one attached hydrogen (secondary N) is 1. The number of benzene rings is 1. The van der Waals surface area contributed by atoms with Crippen LogP contribution in [0, 0.1) is 17.8 Å². The molecular formula is C17H29N. The highest BCUT2D eigenvalue weighted by Crippen LogP contribution is 2.20. The molecule has 1 rings (SSSR count). The van der Waals surface area contributed by atoms with Crippen molar-refractivity contribution in [2.24, 2.45) is 17.8 Å². The first kappa shape index (κ1) is 15.2. The van der Waals surface area contributed by atoms with Gasteiger partial charge in [-0.2, -0.15) is 0 Å². The minimum Gasteiger partial charge on any atom is -0.316 e. The molecule has 0 aliphatic rings. The molecule has 1 nitrogen and oxygen atoms in total. The van der Waals surface area contributed by atoms with Gasteiger partial charge in [-0.25, -0.2) is 0 Å². The highest BCUT2D eigenvalue weighted by Gasteiger charge is 2.17. The van der Waals surface area contributed by atoms with Crippen LogP contribution in [-0.4, -0.2) is 13.1 Å². The summed E-state index contributed by atoms with van der Waals surface area (Å²) < 4.78 is 0. The maximum absolute atomic E-state index is 3.65. The Morgan fingerprint density at radius 3 is 1.89 bits per heavy atom. The van der Waals surface area contributed by atoms with Gasteiger partial charge in [0.05, 0.1) is 0 Å². The zero-order valence-corrected chi connectivity index (χ0v) is 12.6. The quantitative estimate of drug-likeness (QED) is 0.757. The standard InChI is InChI=1S/C17H29N/c1-13(2)17(14(3)4)12-18-11-15(5)16-9-7-6-8-10-16/h6-10,13-15,17-18H,11-12H2,1-5H3. The Balaban J connectivity index is 2.37. The maximum Gasteiger partial charge on any atom is 0.00176 e. The van der Waals surface area contributed by atoms with E-state index in [1.54, 1.807) is 0 Å². The third kappa shape index (κ3) is 4.81. The van der Waals surface area contributed by atoms with Crippen LogP contribution in [0.25, 0.3) is 0 Å². The van der Waals surface area contributed by atoms with E-state index in [2.05, 4.69) is 70.3 Å². The molecule has 0 saturated heterocycles. The fourth-order valence-corrected chi connectivity index (χ4v) is 2.61. The van der Waals surface area contributed by atoms with Gasteiger partial charge < -0.3 is 5.32 Å². The fraction of sp³-hybridized carbons (Fsp3) is 0.647. The molecule has 0 saturated carbocycles. The molecule has 0 spiro atoms. The second kappa shape index (κ2) is 7.58. The molecule has 1 unspecified atom stereocenters. The van der Waals surface area contributed by atoms with Crippen molar-refractivity contribution in [3.05, 3.63) is 35.9 Å². The van der Waals surface area contributed by atoms with Gasteiger partial charge in [0.15, 0.2) is 0 Å². The van der Waals surface area contributed by atoms with Crippen LogP contribution >= 0.6 is 0 Å². The highest BCUT2D eigenvalue weighted by atomic mass is 14.9. The molecule has 18 heavy (non-hydrogen) atoms. The molecule has 0 fully saturated rings. The van der Waals surface area contributed by atoms with Gasteiger partial charge >= 0.3 is 0 Å². The molecule has 0 amide bonds. The topological polar surface area (TPSA) is 12.0 Å². The van der Waals surface area contributed by atoms with Gasteiger partial charge in [-0.1, -0.05) is 65.0 Å². The van der Waals surface area contributed by atoms with Gasteiger partial charge in [-0.3, -0.25) is 0 Å². The lowest BCUT2D eigenvalue weighted by Gasteiger charge is -2.26. The summed E-state index contributed by atoms with van der Waals surface area (Å²) in [5.41, 5.74) is 1.43. The predicted octanol–water partition coefficient (Wildman–Crippen LogP) is 4.31. The summed E-state index contributed by atoms with van der Waals surface area (Å²) in [5.74, 6) is 2.87. The summed E-state index contributed by atoms with van der Waals surface area (Å²) in [5, 5.41) is 3.65. The molecule has 1 N–H and O–H groups in total. The molecule has 102 valence electrons. The van der Waals surface area contributed by atoms with Crippen LogP contribution in [0.5, 0.6) is 0 Å². The van der Waals surface area contributed by atoms with E-state index >= 15 is 0 Å². The Bertz CT molecular complexity index is 308. The van der Waals surface area contributed by atoms with Gasteiger partial charge in [0.25, 0.3) is 0 Å². The van der Waals surface area contributed by atoms with Crippen molar-refractivity contribution in [3.8, 4) is 0 Å². The van der Waals surface area contributed by atoms with Crippen LogP contribution in [0.1, 0.15) is 46.1 Å². The largest absolute Gasteiger partial charge is 0.316 e. The molecule has 0 aliphatic carbocycles. The smallest absolute Gasteiger partial charge is 0.00176 e. The molecule has 0 aliphatic heterocycles. The zero-order chi connectivity index (χ0) is 13.5. The van der Waals surface area contributed by atoms with Crippen LogP contribution < -0.4 is 5.32 Å². The van der Waals surface area contributed by atoms with E-state index in [9.17, 15) is 0 Å². The van der Waals surface area contributed by atoms with Gasteiger partial charge in [0.2, 0.25) is 0 Å². The average molecular weight is 247 g/mol. The highest BCUT2D eigenvalue weighted by molar-refractivity contribution is 5.18. The predicted molar refractivity (Wildman–Crippen MR) is 80.9 cm³/mol. The molecule has 1 heteroatoms. The van der Waals surface area contributed by atoms with Crippen LogP contribution in [0.3, 0.4) is 0 Å². The SMILES string of the molecule is CC(CNCC(C(C)C)C(C)C)c1ccccc1. The van der Waals surface area contributed by atoms with Crippen LogP contribution in [-0.2, 0) is 0 Å². The second-order valence-electron chi connectivity index (χ2n) is 6.12. The molecule has 1 atom stereocenters. The summed E-state index contributed by atoms with van der Waals surface area (Å²) >= 11 is 0. The van der Waals surface area contributed by atoms with E-state index in [1.807, 2.05) is 0 Å². The number of rotatable bonds is 7. The third-order valence-electron chi connectivity index (χ3n) is 3.91. The van der Waals surface area contributed by atoms with E-state index in [1.165, 1.54) is 5.56 Å². The Morgan fingerprint density at radius 1 is 0.833 bits per heavy atom. The van der Waals surface area contributed by atoms with Crippen molar-refractivity contribution < 1.29 is 0 Å². The van der Waals surface area contributed by atoms with Crippen LogP contribution in [0.4, 0.5) is 0 Å². The van der Waals surface area contributed by atoms with Crippen LogP contribution in [0.15, 0.2) is 30.3 Å². The summed E-state index contributed by atoms with van der Waals surface area (Å²) in [4.78, 5) is 0. The molecule has 0 aromatic heterocycles. The normalized spacial score (nSPS) is 13.6. The Morgan fingerprint density at radius 2 is 1.39 bits per heavy atom.